The largest absolute Gasteiger partial charge is 0.346 e. The highest BCUT2D eigenvalue weighted by Crippen LogP contribution is 2.20. The Morgan fingerprint density at radius 1 is 1.67 bits per heavy atom. The van der Waals surface area contributed by atoms with Crippen molar-refractivity contribution in [3.8, 4) is 0 Å². The van der Waals surface area contributed by atoms with Crippen molar-refractivity contribution in [1.82, 2.24) is 10.3 Å². The molecule has 1 amide bonds. The van der Waals surface area contributed by atoms with E-state index in [4.69, 9.17) is 5.73 Å². The van der Waals surface area contributed by atoms with E-state index in [1.165, 1.54) is 4.88 Å². The van der Waals surface area contributed by atoms with Gasteiger partial charge in [-0.05, 0) is 20.3 Å². The summed E-state index contributed by atoms with van der Waals surface area (Å²) in [6.45, 7) is 5.67. The van der Waals surface area contributed by atoms with Crippen molar-refractivity contribution in [1.29, 1.82) is 0 Å². The number of thiazole rings is 1. The maximum atomic E-state index is 11.3. The van der Waals surface area contributed by atoms with E-state index in [2.05, 4.69) is 17.2 Å². The van der Waals surface area contributed by atoms with Gasteiger partial charge in [0.2, 0.25) is 5.91 Å². The molecule has 0 aliphatic rings. The van der Waals surface area contributed by atoms with E-state index in [0.717, 1.165) is 11.4 Å². The van der Waals surface area contributed by atoms with Crippen molar-refractivity contribution >= 4 is 17.2 Å². The van der Waals surface area contributed by atoms with Gasteiger partial charge in [0.1, 0.15) is 5.01 Å². The third-order valence-electron chi connectivity index (χ3n) is 2.06. The molecule has 1 aromatic rings. The average Bonchev–Trinajstić information content (AvgIpc) is 2.65. The van der Waals surface area contributed by atoms with Gasteiger partial charge in [0.05, 0.1) is 12.1 Å². The Kier molecular flexibility index (Phi) is 4.23. The Balaban J connectivity index is 2.60. The minimum absolute atomic E-state index is 0.0613. The predicted molar refractivity (Wildman–Crippen MR) is 61.7 cm³/mol. The van der Waals surface area contributed by atoms with E-state index in [0.29, 0.717) is 0 Å². The van der Waals surface area contributed by atoms with Crippen LogP contribution in [0.4, 0.5) is 0 Å². The van der Waals surface area contributed by atoms with Gasteiger partial charge in [0.25, 0.3) is 0 Å². The molecule has 0 aliphatic carbocycles. The Morgan fingerprint density at radius 3 is 2.80 bits per heavy atom. The van der Waals surface area contributed by atoms with Crippen molar-refractivity contribution < 1.29 is 4.79 Å². The number of rotatable bonds is 4. The standard InChI is InChI=1S/C10H17N3OS/c1-4-8-5-12-10(15-8)7(3)13-9(14)6(2)11/h5-7H,4,11H2,1-3H3,(H,13,14)/t6-,7?/m0/s1. The maximum Gasteiger partial charge on any atom is 0.237 e. The first-order chi connectivity index (χ1) is 7.04. The van der Waals surface area contributed by atoms with Crippen LogP contribution in [0.3, 0.4) is 0 Å². The summed E-state index contributed by atoms with van der Waals surface area (Å²) in [6.07, 6.45) is 2.83. The van der Waals surface area contributed by atoms with Crippen LogP contribution in [0.2, 0.25) is 0 Å². The van der Waals surface area contributed by atoms with E-state index in [1.807, 2.05) is 13.1 Å². The number of hydrogen-bond acceptors (Lipinski definition) is 4. The first-order valence-electron chi connectivity index (χ1n) is 5.05. The van der Waals surface area contributed by atoms with Crippen LogP contribution in [0.15, 0.2) is 6.20 Å². The van der Waals surface area contributed by atoms with Crippen molar-refractivity contribution in [2.24, 2.45) is 5.73 Å². The van der Waals surface area contributed by atoms with Crippen LogP contribution in [0, 0.1) is 0 Å². The molecule has 3 N–H and O–H groups in total. The van der Waals surface area contributed by atoms with Gasteiger partial charge in [0.15, 0.2) is 0 Å². The van der Waals surface area contributed by atoms with Gasteiger partial charge in [0, 0.05) is 11.1 Å². The molecule has 5 heteroatoms. The number of nitrogens with one attached hydrogen (secondary N) is 1. The van der Waals surface area contributed by atoms with Gasteiger partial charge in [-0.15, -0.1) is 11.3 Å². The molecule has 0 aliphatic heterocycles. The zero-order valence-electron chi connectivity index (χ0n) is 9.28. The van der Waals surface area contributed by atoms with Gasteiger partial charge >= 0.3 is 0 Å². The number of carbonyl (C=O) groups excluding carboxylic acids is 1. The quantitative estimate of drug-likeness (QED) is 0.813. The molecule has 0 radical (unpaired) electrons. The van der Waals surface area contributed by atoms with Gasteiger partial charge in [-0.2, -0.15) is 0 Å². The average molecular weight is 227 g/mol. The molecule has 2 atom stereocenters. The van der Waals surface area contributed by atoms with E-state index in [1.54, 1.807) is 18.3 Å². The molecule has 0 aromatic carbocycles. The summed E-state index contributed by atoms with van der Waals surface area (Å²) in [5, 5.41) is 3.75. The third kappa shape index (κ3) is 3.28. The second-order valence-electron chi connectivity index (χ2n) is 3.54. The maximum absolute atomic E-state index is 11.3. The van der Waals surface area contributed by atoms with Crippen molar-refractivity contribution in [3.05, 3.63) is 16.1 Å². The molecule has 1 heterocycles. The summed E-state index contributed by atoms with van der Waals surface area (Å²) in [7, 11) is 0. The molecule has 4 nitrogen and oxygen atoms in total. The molecular weight excluding hydrogens is 210 g/mol. The first-order valence-corrected chi connectivity index (χ1v) is 5.86. The minimum atomic E-state index is -0.474. The number of amides is 1. The lowest BCUT2D eigenvalue weighted by Gasteiger charge is -2.12. The summed E-state index contributed by atoms with van der Waals surface area (Å²) in [6, 6.07) is -0.535. The lowest BCUT2D eigenvalue weighted by Crippen LogP contribution is -2.39. The van der Waals surface area contributed by atoms with Gasteiger partial charge < -0.3 is 11.1 Å². The van der Waals surface area contributed by atoms with Crippen LogP contribution in [-0.2, 0) is 11.2 Å². The normalized spacial score (nSPS) is 14.7. The summed E-state index contributed by atoms with van der Waals surface area (Å²) in [4.78, 5) is 16.8. The summed E-state index contributed by atoms with van der Waals surface area (Å²) >= 11 is 1.63. The van der Waals surface area contributed by atoms with Crippen LogP contribution in [0.1, 0.15) is 36.7 Å². The molecule has 0 fully saturated rings. The first kappa shape index (κ1) is 12.1. The Morgan fingerprint density at radius 2 is 2.33 bits per heavy atom. The molecule has 1 unspecified atom stereocenters. The van der Waals surface area contributed by atoms with E-state index < -0.39 is 6.04 Å². The Labute approximate surface area is 93.9 Å². The van der Waals surface area contributed by atoms with Gasteiger partial charge in [-0.25, -0.2) is 4.98 Å². The van der Waals surface area contributed by atoms with E-state index in [-0.39, 0.29) is 11.9 Å². The molecule has 1 rings (SSSR count). The Bertz CT molecular complexity index is 335. The van der Waals surface area contributed by atoms with Crippen molar-refractivity contribution in [3.63, 3.8) is 0 Å². The van der Waals surface area contributed by atoms with E-state index in [9.17, 15) is 4.79 Å². The molecule has 0 spiro atoms. The van der Waals surface area contributed by atoms with Gasteiger partial charge in [-0.3, -0.25) is 4.79 Å². The van der Waals surface area contributed by atoms with Crippen LogP contribution in [0.25, 0.3) is 0 Å². The van der Waals surface area contributed by atoms with Crippen LogP contribution in [0.5, 0.6) is 0 Å². The number of nitrogens with two attached hydrogens (primary N) is 1. The fraction of sp³-hybridized carbons (Fsp3) is 0.600. The van der Waals surface area contributed by atoms with Gasteiger partial charge in [-0.1, -0.05) is 6.92 Å². The van der Waals surface area contributed by atoms with Crippen LogP contribution >= 0.6 is 11.3 Å². The molecular formula is C10H17N3OS. The smallest absolute Gasteiger partial charge is 0.237 e. The summed E-state index contributed by atoms with van der Waals surface area (Å²) in [5.74, 6) is -0.143. The van der Waals surface area contributed by atoms with Crippen LogP contribution < -0.4 is 11.1 Å². The number of aryl methyl sites for hydroxylation is 1. The number of carbonyl (C=O) groups is 1. The molecule has 0 bridgehead atoms. The highest BCUT2D eigenvalue weighted by Gasteiger charge is 2.15. The molecule has 0 saturated carbocycles. The molecule has 15 heavy (non-hydrogen) atoms. The fourth-order valence-electron chi connectivity index (χ4n) is 1.09. The summed E-state index contributed by atoms with van der Waals surface area (Å²) < 4.78 is 0. The Hall–Kier alpha value is -0.940. The fourth-order valence-corrected chi connectivity index (χ4v) is 1.95. The lowest BCUT2D eigenvalue weighted by atomic mass is 10.3. The minimum Gasteiger partial charge on any atom is -0.346 e. The zero-order valence-corrected chi connectivity index (χ0v) is 10.1. The SMILES string of the molecule is CCc1cnc(C(C)NC(=O)[C@H](C)N)s1. The van der Waals surface area contributed by atoms with Crippen molar-refractivity contribution in [2.45, 2.75) is 39.3 Å². The van der Waals surface area contributed by atoms with E-state index >= 15 is 0 Å². The highest BCUT2D eigenvalue weighted by molar-refractivity contribution is 7.11. The van der Waals surface area contributed by atoms with Crippen LogP contribution in [-0.4, -0.2) is 16.9 Å². The van der Waals surface area contributed by atoms with Crippen molar-refractivity contribution in [2.75, 3.05) is 0 Å². The molecule has 0 saturated heterocycles. The monoisotopic (exact) mass is 227 g/mol. The lowest BCUT2D eigenvalue weighted by molar-refractivity contribution is -0.122. The predicted octanol–water partition coefficient (Wildman–Crippen LogP) is 1.23. The zero-order chi connectivity index (χ0) is 11.4. The molecule has 1 aromatic heterocycles. The number of aromatic nitrogens is 1. The number of nitrogens with zero attached hydrogens (tertiary/aromatic N) is 1. The highest BCUT2D eigenvalue weighted by atomic mass is 32.1. The second-order valence-corrected chi connectivity index (χ2v) is 4.68. The number of hydrogen-bond donors (Lipinski definition) is 2. The second kappa shape index (κ2) is 5.23. The molecule has 84 valence electrons. The summed E-state index contributed by atoms with van der Waals surface area (Å²) in [5.41, 5.74) is 5.46. The third-order valence-corrected chi connectivity index (χ3v) is 3.39. The topological polar surface area (TPSA) is 68.0 Å².